The van der Waals surface area contributed by atoms with E-state index < -0.39 is 102 Å². The number of aliphatic hydroxyl groups excluding tert-OH is 2. The summed E-state index contributed by atoms with van der Waals surface area (Å²) in [7, 11) is -16.4. The predicted octanol–water partition coefficient (Wildman–Crippen LogP) is -1.86. The molecule has 11 N–H and O–H groups in total. The van der Waals surface area contributed by atoms with Crippen molar-refractivity contribution >= 4 is 75.1 Å². The second-order valence-corrected chi connectivity index (χ2v) is 17.2. The number of carboxylic acid groups (broad SMARTS) is 1. The average Bonchev–Trinajstić information content (AvgIpc) is 3.60. The number of hydrogen-bond donors (Lipinski definition) is 10. The van der Waals surface area contributed by atoms with E-state index in [9.17, 15) is 62.7 Å². The van der Waals surface area contributed by atoms with Gasteiger partial charge in [0.2, 0.25) is 11.8 Å². The van der Waals surface area contributed by atoms with Crippen LogP contribution in [0.3, 0.4) is 0 Å². The van der Waals surface area contributed by atoms with Gasteiger partial charge in [-0.25, -0.2) is 28.6 Å². The summed E-state index contributed by atoms with van der Waals surface area (Å²) in [6, 6.07) is 0. The number of thioether (sulfide) groups is 1. The zero-order chi connectivity index (χ0) is 40.6. The zero-order valence-electron chi connectivity index (χ0n) is 28.1. The van der Waals surface area contributed by atoms with Crippen LogP contribution in [0.2, 0.25) is 0 Å². The van der Waals surface area contributed by atoms with Crippen LogP contribution in [0.1, 0.15) is 32.9 Å². The summed E-state index contributed by atoms with van der Waals surface area (Å²) < 4.78 is 61.8. The molecular formula is C24H38N7O19P3S. The molecule has 1 fully saturated rings. The molecule has 26 nitrogen and oxygen atoms in total. The summed E-state index contributed by atoms with van der Waals surface area (Å²) in [4.78, 5) is 97.0. The normalized spacial score (nSPS) is 21.9. The molecule has 3 rings (SSSR count). The number of aromatic nitrogens is 4. The Morgan fingerprint density at radius 1 is 1.06 bits per heavy atom. The Morgan fingerprint density at radius 2 is 1.72 bits per heavy atom. The van der Waals surface area contributed by atoms with Crippen molar-refractivity contribution in [1.82, 2.24) is 30.2 Å². The molecule has 2 aromatic rings. The van der Waals surface area contributed by atoms with Crippen LogP contribution in [0.25, 0.3) is 11.2 Å². The lowest BCUT2D eigenvalue weighted by Gasteiger charge is -2.30. The number of phosphoric ester groups is 3. The van der Waals surface area contributed by atoms with Gasteiger partial charge in [-0.1, -0.05) is 25.6 Å². The number of carbonyl (C=O) groups is 4. The maximum atomic E-state index is 12.6. The van der Waals surface area contributed by atoms with E-state index in [-0.39, 0.29) is 42.2 Å². The van der Waals surface area contributed by atoms with Gasteiger partial charge in [0.15, 0.2) is 22.8 Å². The van der Waals surface area contributed by atoms with Crippen molar-refractivity contribution in [2.24, 2.45) is 5.41 Å². The molecule has 30 heteroatoms. The van der Waals surface area contributed by atoms with Crippen molar-refractivity contribution in [2.75, 3.05) is 37.8 Å². The molecule has 7 atom stereocenters. The molecule has 2 amide bonds. The molecule has 2 unspecified atom stereocenters. The van der Waals surface area contributed by atoms with E-state index in [1.807, 2.05) is 0 Å². The van der Waals surface area contributed by atoms with E-state index in [2.05, 4.69) is 34.4 Å². The first-order chi connectivity index (χ1) is 24.9. The maximum Gasteiger partial charge on any atom is 0.481 e. The zero-order valence-corrected chi connectivity index (χ0v) is 31.6. The van der Waals surface area contributed by atoms with Crippen molar-refractivity contribution in [3.63, 3.8) is 0 Å². The van der Waals surface area contributed by atoms with Crippen molar-refractivity contribution in [1.29, 1.82) is 0 Å². The third-order valence-corrected chi connectivity index (χ3v) is 11.0. The lowest BCUT2D eigenvalue weighted by molar-refractivity contribution is -0.139. The average molecular weight is 854 g/mol. The van der Waals surface area contributed by atoms with Gasteiger partial charge in [0.25, 0.3) is 0 Å². The Morgan fingerprint density at radius 3 is 2.37 bits per heavy atom. The molecule has 0 aromatic carbocycles. The molecule has 1 aliphatic heterocycles. The second kappa shape index (κ2) is 18.8. The number of aliphatic carboxylic acids is 1. The van der Waals surface area contributed by atoms with Gasteiger partial charge < -0.3 is 56.0 Å². The van der Waals surface area contributed by atoms with Crippen LogP contribution >= 0.6 is 35.2 Å². The van der Waals surface area contributed by atoms with Crippen molar-refractivity contribution in [3.8, 4) is 0 Å². The number of nitrogens with two attached hydrogens (primary N) is 1. The van der Waals surface area contributed by atoms with E-state index >= 15 is 0 Å². The number of nitrogens with one attached hydrogen (secondary N) is 2. The van der Waals surface area contributed by atoms with E-state index in [1.54, 1.807) is 0 Å². The van der Waals surface area contributed by atoms with Crippen LogP contribution in [-0.2, 0) is 55.5 Å². The van der Waals surface area contributed by atoms with Crippen molar-refractivity contribution in [2.45, 2.75) is 57.3 Å². The first kappa shape index (κ1) is 45.4. The van der Waals surface area contributed by atoms with Crippen molar-refractivity contribution < 1.29 is 90.4 Å². The van der Waals surface area contributed by atoms with Crippen LogP contribution in [0.5, 0.6) is 0 Å². The van der Waals surface area contributed by atoms with Crippen LogP contribution in [-0.4, -0.2) is 134 Å². The number of fused-ring (bicyclic) bond motifs is 1. The number of nitrogen functional groups attached to an aromatic ring is 1. The Kier molecular flexibility index (Phi) is 15.8. The predicted molar refractivity (Wildman–Crippen MR) is 179 cm³/mol. The molecule has 0 spiro atoms. The third kappa shape index (κ3) is 13.6. The van der Waals surface area contributed by atoms with E-state index in [1.165, 1.54) is 13.8 Å². The fourth-order valence-electron chi connectivity index (χ4n) is 4.47. The van der Waals surface area contributed by atoms with E-state index in [4.69, 9.17) is 24.6 Å². The van der Waals surface area contributed by atoms with Gasteiger partial charge in [-0.2, -0.15) is 4.31 Å². The molecule has 1 saturated heterocycles. The van der Waals surface area contributed by atoms with E-state index in [0.717, 1.165) is 29.0 Å². The highest BCUT2D eigenvalue weighted by Crippen LogP contribution is 2.61. The first-order valence-electron chi connectivity index (χ1n) is 15.2. The van der Waals surface area contributed by atoms with Gasteiger partial charge in [0.05, 0.1) is 19.5 Å². The SMILES string of the molecule is CC(C)(COP(=O)(O)OP(=O)(O)OC[C@@H]1O[C@@H](n2cnc3c(N)ncnc32)[C@H](O)[C@H]1OP(=O)(O)O)[C@@H](O)C(=O)NCCC(=O)NCCSC(=O)CC(=O)O. The summed E-state index contributed by atoms with van der Waals surface area (Å²) >= 11 is 0.718. The Bertz CT molecular complexity index is 1830. The Labute approximate surface area is 308 Å². The fraction of sp³-hybridized carbons (Fsp3) is 0.625. The highest BCUT2D eigenvalue weighted by Gasteiger charge is 2.50. The van der Waals surface area contributed by atoms with Crippen LogP contribution in [0, 0.1) is 5.41 Å². The Balaban J connectivity index is 1.51. The van der Waals surface area contributed by atoms with Crippen LogP contribution in [0.4, 0.5) is 5.82 Å². The molecular weight excluding hydrogens is 815 g/mol. The lowest BCUT2D eigenvalue weighted by atomic mass is 9.87. The number of rotatable bonds is 21. The molecule has 0 radical (unpaired) electrons. The minimum absolute atomic E-state index is 0.0185. The molecule has 0 saturated carbocycles. The summed E-state index contributed by atoms with van der Waals surface area (Å²) in [5.74, 6) is -2.80. The summed E-state index contributed by atoms with van der Waals surface area (Å²) in [5.41, 5.74) is 4.19. The number of carboxylic acids is 1. The molecule has 3 heterocycles. The fourth-order valence-corrected chi connectivity index (χ4v) is 7.96. The summed E-state index contributed by atoms with van der Waals surface area (Å²) in [6.07, 6.45) is -7.78. The van der Waals surface area contributed by atoms with Crippen LogP contribution in [0.15, 0.2) is 12.7 Å². The first-order valence-corrected chi connectivity index (χ1v) is 20.7. The monoisotopic (exact) mass is 853 g/mol. The van der Waals surface area contributed by atoms with Gasteiger partial charge in [0, 0.05) is 30.7 Å². The summed E-state index contributed by atoms with van der Waals surface area (Å²) in [5, 5.41) is 34.0. The van der Waals surface area contributed by atoms with Gasteiger partial charge in [0.1, 0.15) is 42.7 Å². The number of carbonyl (C=O) groups excluding carboxylic acids is 3. The van der Waals surface area contributed by atoms with Gasteiger partial charge in [-0.3, -0.25) is 37.3 Å². The minimum Gasteiger partial charge on any atom is -0.481 e. The molecule has 0 aliphatic carbocycles. The number of imidazole rings is 1. The smallest absolute Gasteiger partial charge is 0.481 e. The Hall–Kier alpha value is -2.97. The summed E-state index contributed by atoms with van der Waals surface area (Å²) in [6.45, 7) is 0.132. The second-order valence-electron chi connectivity index (χ2n) is 11.9. The molecule has 304 valence electrons. The maximum absolute atomic E-state index is 12.6. The largest absolute Gasteiger partial charge is 0.481 e. The quantitative estimate of drug-likeness (QED) is 0.0374. The highest BCUT2D eigenvalue weighted by molar-refractivity contribution is 8.13. The number of nitrogens with zero attached hydrogens (tertiary/aromatic N) is 4. The minimum atomic E-state index is -5.59. The molecule has 0 bridgehead atoms. The molecule has 54 heavy (non-hydrogen) atoms. The standard InChI is InChI=1S/C24H38N7O19P3S/c1-24(2,19(37)22(38)27-4-3-13(32)26-5-6-54-15(35)7-14(33)34)9-47-53(44,45)50-52(42,43)46-8-12-18(49-51(39,40)41)17(36)23(48-12)31-11-30-16-20(25)28-10-29-21(16)31/h10-12,17-19,23,36-37H,3-9H2,1-2H3,(H,26,32)(H,27,38)(H,33,34)(H,42,43)(H,44,45)(H2,25,28,29)(H2,39,40,41)/t12-,17+,18-,19-,23+/m0/s1. The molecule has 2 aromatic heterocycles. The topological polar surface area (TPSA) is 401 Å². The number of phosphoric acid groups is 3. The molecule has 1 aliphatic rings. The number of aliphatic hydroxyl groups is 2. The van der Waals surface area contributed by atoms with Gasteiger partial charge in [-0.15, -0.1) is 0 Å². The number of ether oxygens (including phenoxy) is 1. The van der Waals surface area contributed by atoms with E-state index in [0.29, 0.717) is 0 Å². The number of anilines is 1. The highest BCUT2D eigenvalue weighted by atomic mass is 32.2. The van der Waals surface area contributed by atoms with Gasteiger partial charge >= 0.3 is 29.4 Å². The lowest BCUT2D eigenvalue weighted by Crippen LogP contribution is -2.46. The third-order valence-electron chi connectivity index (χ3n) is 7.06. The number of hydrogen-bond acceptors (Lipinski definition) is 19. The number of amides is 2. The van der Waals surface area contributed by atoms with Crippen LogP contribution < -0.4 is 16.4 Å². The van der Waals surface area contributed by atoms with Crippen molar-refractivity contribution in [3.05, 3.63) is 12.7 Å². The van der Waals surface area contributed by atoms with Gasteiger partial charge in [-0.05, 0) is 0 Å².